The molecule has 6 heteroatoms. The molecule has 39 heavy (non-hydrogen) atoms. The van der Waals surface area contributed by atoms with E-state index in [1.165, 1.54) is 22.3 Å². The number of hydrogen-bond acceptors (Lipinski definition) is 6. The number of aliphatic hydroxyl groups excluding tert-OH is 2. The van der Waals surface area contributed by atoms with Gasteiger partial charge in [0.1, 0.15) is 24.7 Å². The molecule has 0 radical (unpaired) electrons. The van der Waals surface area contributed by atoms with Gasteiger partial charge in [-0.25, -0.2) is 0 Å². The third-order valence-corrected chi connectivity index (χ3v) is 7.00. The Hall–Kier alpha value is -3.68. The summed E-state index contributed by atoms with van der Waals surface area (Å²) in [6, 6.07) is 32.7. The zero-order valence-electron chi connectivity index (χ0n) is 22.2. The molecule has 6 nitrogen and oxygen atoms in total. The molecule has 4 aromatic carbocycles. The highest BCUT2D eigenvalue weighted by Gasteiger charge is 2.45. The van der Waals surface area contributed by atoms with Gasteiger partial charge in [0.2, 0.25) is 12.6 Å². The van der Waals surface area contributed by atoms with Gasteiger partial charge >= 0.3 is 0 Å². The highest BCUT2D eigenvalue weighted by atomic mass is 16.6. The molecule has 0 spiro atoms. The van der Waals surface area contributed by atoms with Crippen molar-refractivity contribution in [3.8, 4) is 22.6 Å². The maximum absolute atomic E-state index is 10.2. The number of hydrogen-bond donors (Lipinski definition) is 2. The first-order chi connectivity index (χ1) is 19.1. The van der Waals surface area contributed by atoms with Crippen molar-refractivity contribution in [2.24, 2.45) is 0 Å². The Kier molecular flexibility index (Phi) is 8.29. The minimum atomic E-state index is -1.04. The molecule has 1 aliphatic carbocycles. The normalized spacial score (nSPS) is 14.8. The summed E-state index contributed by atoms with van der Waals surface area (Å²) in [7, 11) is 0. The lowest BCUT2D eigenvalue weighted by Gasteiger charge is -2.34. The molecule has 4 aromatic rings. The summed E-state index contributed by atoms with van der Waals surface area (Å²) in [6.07, 6.45) is -2.08. The largest absolute Gasteiger partial charge is 0.463 e. The fraction of sp³-hybridized carbons (Fsp3) is 0.273. The second kappa shape index (κ2) is 12.0. The highest BCUT2D eigenvalue weighted by molar-refractivity contribution is 5.86. The van der Waals surface area contributed by atoms with Gasteiger partial charge < -0.3 is 29.2 Å². The molecule has 0 amide bonds. The second-order valence-corrected chi connectivity index (χ2v) is 9.35. The topological polar surface area (TPSA) is 77.4 Å². The lowest BCUT2D eigenvalue weighted by molar-refractivity contribution is -0.0751. The smallest absolute Gasteiger partial charge is 0.221 e. The molecule has 2 atom stereocenters. The van der Waals surface area contributed by atoms with E-state index in [1.54, 1.807) is 0 Å². The SMILES string of the molecule is CCOCC(O)Oc1ccc(C2(c3ccc(OC(O)COCC)cc3)c3ccccc3-c3ccccc32)cc1. The summed E-state index contributed by atoms with van der Waals surface area (Å²) in [6.45, 7) is 4.99. The zero-order chi connectivity index (χ0) is 27.2. The van der Waals surface area contributed by atoms with E-state index in [0.717, 1.165) is 11.1 Å². The van der Waals surface area contributed by atoms with Crippen molar-refractivity contribution in [1.82, 2.24) is 0 Å². The first kappa shape index (κ1) is 26.9. The van der Waals surface area contributed by atoms with Gasteiger partial charge in [-0.15, -0.1) is 0 Å². The molecule has 2 unspecified atom stereocenters. The van der Waals surface area contributed by atoms with E-state index in [-0.39, 0.29) is 13.2 Å². The molecule has 0 aromatic heterocycles. The Labute approximate surface area is 229 Å². The lowest BCUT2D eigenvalue weighted by atomic mass is 9.68. The molecule has 0 fully saturated rings. The van der Waals surface area contributed by atoms with Crippen molar-refractivity contribution in [1.29, 1.82) is 0 Å². The van der Waals surface area contributed by atoms with Crippen molar-refractivity contribution in [3.63, 3.8) is 0 Å². The van der Waals surface area contributed by atoms with E-state index in [0.29, 0.717) is 24.7 Å². The molecule has 0 saturated carbocycles. The Morgan fingerprint density at radius 2 is 0.949 bits per heavy atom. The monoisotopic (exact) mass is 526 g/mol. The molecule has 202 valence electrons. The van der Waals surface area contributed by atoms with Crippen LogP contribution in [0.3, 0.4) is 0 Å². The summed E-state index contributed by atoms with van der Waals surface area (Å²) in [5.74, 6) is 1.13. The van der Waals surface area contributed by atoms with Crippen molar-refractivity contribution < 1.29 is 29.2 Å². The zero-order valence-corrected chi connectivity index (χ0v) is 22.2. The van der Waals surface area contributed by atoms with Gasteiger partial charge in [0.05, 0.1) is 5.41 Å². The summed E-state index contributed by atoms with van der Waals surface area (Å²) in [4.78, 5) is 0. The minimum Gasteiger partial charge on any atom is -0.463 e. The summed E-state index contributed by atoms with van der Waals surface area (Å²) in [5, 5.41) is 20.3. The summed E-state index contributed by atoms with van der Waals surface area (Å²) in [5.41, 5.74) is 6.29. The molecule has 0 heterocycles. The fourth-order valence-electron chi connectivity index (χ4n) is 5.41. The van der Waals surface area contributed by atoms with Crippen LogP contribution in [0.15, 0.2) is 97.1 Å². The third-order valence-electron chi connectivity index (χ3n) is 7.00. The quantitative estimate of drug-likeness (QED) is 0.209. The molecule has 1 aliphatic rings. The minimum absolute atomic E-state index is 0.108. The standard InChI is InChI=1S/C33H34O6/c1-3-36-21-31(34)38-25-17-13-23(14-18-25)33(24-15-19-26(20-16-24)39-32(35)22-37-4-2)29-11-7-5-9-27(29)28-10-6-8-12-30(28)33/h5-20,31-32,34-35H,3-4,21-22H2,1-2H3. The maximum Gasteiger partial charge on any atom is 0.221 e. The van der Waals surface area contributed by atoms with Crippen LogP contribution in [0, 0.1) is 0 Å². The van der Waals surface area contributed by atoms with Gasteiger partial charge in [-0.3, -0.25) is 0 Å². The Morgan fingerprint density at radius 3 is 1.33 bits per heavy atom. The van der Waals surface area contributed by atoms with E-state index in [9.17, 15) is 10.2 Å². The van der Waals surface area contributed by atoms with Crippen LogP contribution in [-0.4, -0.2) is 49.2 Å². The van der Waals surface area contributed by atoms with Crippen LogP contribution in [0.5, 0.6) is 11.5 Å². The second-order valence-electron chi connectivity index (χ2n) is 9.35. The number of ether oxygens (including phenoxy) is 4. The third kappa shape index (κ3) is 5.29. The molecule has 0 saturated heterocycles. The van der Waals surface area contributed by atoms with Crippen LogP contribution in [0.25, 0.3) is 11.1 Å². The molecular formula is C33H34O6. The Bertz CT molecular complexity index is 1260. The number of aliphatic hydroxyl groups is 2. The van der Waals surface area contributed by atoms with Crippen molar-refractivity contribution in [2.75, 3.05) is 26.4 Å². The van der Waals surface area contributed by atoms with Gasteiger partial charge in [-0.2, -0.15) is 0 Å². The van der Waals surface area contributed by atoms with Crippen molar-refractivity contribution in [2.45, 2.75) is 31.8 Å². The van der Waals surface area contributed by atoms with E-state index in [2.05, 4.69) is 72.8 Å². The predicted molar refractivity (Wildman–Crippen MR) is 150 cm³/mol. The van der Waals surface area contributed by atoms with Crippen LogP contribution in [-0.2, 0) is 14.9 Å². The molecular weight excluding hydrogens is 492 g/mol. The lowest BCUT2D eigenvalue weighted by Crippen LogP contribution is -2.29. The molecule has 0 aliphatic heterocycles. The van der Waals surface area contributed by atoms with Crippen molar-refractivity contribution in [3.05, 3.63) is 119 Å². The van der Waals surface area contributed by atoms with Gasteiger partial charge in [0.25, 0.3) is 0 Å². The van der Waals surface area contributed by atoms with Gasteiger partial charge in [0, 0.05) is 13.2 Å². The Balaban J connectivity index is 1.58. The van der Waals surface area contributed by atoms with Crippen LogP contribution < -0.4 is 9.47 Å². The Morgan fingerprint density at radius 1 is 0.564 bits per heavy atom. The van der Waals surface area contributed by atoms with Crippen LogP contribution in [0.4, 0.5) is 0 Å². The van der Waals surface area contributed by atoms with Gasteiger partial charge in [-0.05, 0) is 71.5 Å². The summed E-state index contributed by atoms with van der Waals surface area (Å²) < 4.78 is 21.9. The van der Waals surface area contributed by atoms with E-state index in [4.69, 9.17) is 18.9 Å². The van der Waals surface area contributed by atoms with Crippen molar-refractivity contribution >= 4 is 0 Å². The van der Waals surface area contributed by atoms with Crippen LogP contribution in [0.2, 0.25) is 0 Å². The van der Waals surface area contributed by atoms with E-state index in [1.807, 2.05) is 38.1 Å². The van der Waals surface area contributed by atoms with Gasteiger partial charge in [-0.1, -0.05) is 72.8 Å². The van der Waals surface area contributed by atoms with E-state index >= 15 is 0 Å². The molecule has 5 rings (SSSR count). The molecule has 0 bridgehead atoms. The predicted octanol–water partition coefficient (Wildman–Crippen LogP) is 5.52. The first-order valence-electron chi connectivity index (χ1n) is 13.3. The maximum atomic E-state index is 10.2. The first-order valence-corrected chi connectivity index (χ1v) is 13.3. The number of rotatable bonds is 12. The van der Waals surface area contributed by atoms with Crippen LogP contribution >= 0.6 is 0 Å². The summed E-state index contributed by atoms with van der Waals surface area (Å²) >= 11 is 0. The average molecular weight is 527 g/mol. The fourth-order valence-corrected chi connectivity index (χ4v) is 5.41. The highest BCUT2D eigenvalue weighted by Crippen LogP contribution is 2.56. The average Bonchev–Trinajstić information content (AvgIpc) is 3.27. The number of benzene rings is 4. The van der Waals surface area contributed by atoms with Crippen LogP contribution in [0.1, 0.15) is 36.1 Å². The molecule has 2 N–H and O–H groups in total. The van der Waals surface area contributed by atoms with E-state index < -0.39 is 18.0 Å². The van der Waals surface area contributed by atoms with Gasteiger partial charge in [0.15, 0.2) is 0 Å². The number of fused-ring (bicyclic) bond motifs is 3.